The Balaban J connectivity index is 2.02. The topological polar surface area (TPSA) is 105 Å². The lowest BCUT2D eigenvalue weighted by atomic mass is 10.1. The number of nitriles is 1. The summed E-state index contributed by atoms with van der Waals surface area (Å²) in [6, 6.07) is 10.0. The van der Waals surface area contributed by atoms with Crippen molar-refractivity contribution in [1.29, 1.82) is 5.26 Å². The van der Waals surface area contributed by atoms with Crippen LogP contribution in [0, 0.1) is 11.3 Å². The Morgan fingerprint density at radius 1 is 1.33 bits per heavy atom. The lowest BCUT2D eigenvalue weighted by Gasteiger charge is -2.11. The number of esters is 1. The van der Waals surface area contributed by atoms with Crippen LogP contribution in [0.4, 0.5) is 0 Å². The molecule has 1 N–H and O–H groups in total. The van der Waals surface area contributed by atoms with Gasteiger partial charge in [0, 0.05) is 5.56 Å². The Morgan fingerprint density at radius 3 is 2.78 bits per heavy atom. The van der Waals surface area contributed by atoms with E-state index < -0.39 is 11.5 Å². The summed E-state index contributed by atoms with van der Waals surface area (Å²) in [5, 5.41) is 11.5. The van der Waals surface area contributed by atoms with Crippen LogP contribution in [-0.2, 0) is 0 Å². The summed E-state index contributed by atoms with van der Waals surface area (Å²) >= 11 is 2.53. The number of thiophene rings is 1. The molecule has 0 aliphatic rings. The number of aromatic amines is 1. The number of methoxy groups -OCH3 is 1. The fraction of sp³-hybridized carbons (Fsp3) is 0.111. The maximum Gasteiger partial charge on any atom is 0.353 e. The van der Waals surface area contributed by atoms with Gasteiger partial charge in [-0.2, -0.15) is 5.26 Å². The van der Waals surface area contributed by atoms with E-state index in [1.807, 2.05) is 6.07 Å². The third-order valence-electron chi connectivity index (χ3n) is 3.56. The molecule has 1 aromatic carbocycles. The fourth-order valence-electron chi connectivity index (χ4n) is 2.31. The minimum absolute atomic E-state index is 0.0989. The van der Waals surface area contributed by atoms with Gasteiger partial charge in [0.05, 0.1) is 12.8 Å². The molecule has 0 fully saturated rings. The summed E-state index contributed by atoms with van der Waals surface area (Å²) in [5.41, 5.74) is 0.123. The second kappa shape index (κ2) is 8.07. The zero-order chi connectivity index (χ0) is 19.4. The molecule has 0 amide bonds. The standard InChI is InChI=1S/C18H13N3O4S2/c1-24-13-8-10(15-11(9-19)16(22)21-18(20-15)26-2)5-6-12(13)25-17(23)14-4-3-7-27-14/h3-8H,1-2H3,(H,20,21,22). The van der Waals surface area contributed by atoms with Gasteiger partial charge in [0.15, 0.2) is 16.7 Å². The zero-order valence-electron chi connectivity index (χ0n) is 14.3. The number of ether oxygens (including phenoxy) is 2. The summed E-state index contributed by atoms with van der Waals surface area (Å²) in [7, 11) is 1.44. The van der Waals surface area contributed by atoms with Gasteiger partial charge in [0.1, 0.15) is 16.5 Å². The molecule has 0 atom stereocenters. The monoisotopic (exact) mass is 399 g/mol. The molecule has 9 heteroatoms. The maximum absolute atomic E-state index is 12.2. The Labute approximate surface area is 162 Å². The van der Waals surface area contributed by atoms with Crippen molar-refractivity contribution in [3.63, 3.8) is 0 Å². The van der Waals surface area contributed by atoms with Crippen molar-refractivity contribution in [3.8, 4) is 28.8 Å². The highest BCUT2D eigenvalue weighted by atomic mass is 32.2. The Hall–Kier alpha value is -3.09. The largest absolute Gasteiger partial charge is 0.493 e. The summed E-state index contributed by atoms with van der Waals surface area (Å²) < 4.78 is 10.7. The van der Waals surface area contributed by atoms with Gasteiger partial charge in [0.2, 0.25) is 0 Å². The van der Waals surface area contributed by atoms with E-state index in [1.54, 1.807) is 42.0 Å². The summed E-state index contributed by atoms with van der Waals surface area (Å²) in [6.07, 6.45) is 1.77. The quantitative estimate of drug-likeness (QED) is 0.304. The van der Waals surface area contributed by atoms with Crippen molar-refractivity contribution in [3.05, 3.63) is 56.5 Å². The summed E-state index contributed by atoms with van der Waals surface area (Å²) in [5.74, 6) is 0.0230. The minimum Gasteiger partial charge on any atom is -0.493 e. The van der Waals surface area contributed by atoms with Crippen molar-refractivity contribution >= 4 is 29.1 Å². The molecule has 27 heavy (non-hydrogen) atoms. The van der Waals surface area contributed by atoms with Gasteiger partial charge in [0.25, 0.3) is 5.56 Å². The van der Waals surface area contributed by atoms with E-state index in [0.29, 0.717) is 15.6 Å². The summed E-state index contributed by atoms with van der Waals surface area (Å²) in [4.78, 5) is 31.6. The minimum atomic E-state index is -0.515. The highest BCUT2D eigenvalue weighted by Gasteiger charge is 2.17. The summed E-state index contributed by atoms with van der Waals surface area (Å²) in [6.45, 7) is 0. The van der Waals surface area contributed by atoms with Crippen LogP contribution in [0.3, 0.4) is 0 Å². The van der Waals surface area contributed by atoms with Crippen molar-refractivity contribution in [2.75, 3.05) is 13.4 Å². The number of carbonyl (C=O) groups excluding carboxylic acids is 1. The average Bonchev–Trinajstić information content (AvgIpc) is 3.22. The second-order valence-electron chi connectivity index (χ2n) is 5.14. The number of nitrogens with one attached hydrogen (secondary N) is 1. The van der Waals surface area contributed by atoms with Gasteiger partial charge < -0.3 is 14.5 Å². The van der Waals surface area contributed by atoms with E-state index in [9.17, 15) is 14.9 Å². The van der Waals surface area contributed by atoms with E-state index >= 15 is 0 Å². The van der Waals surface area contributed by atoms with E-state index in [1.165, 1.54) is 30.2 Å². The molecule has 0 saturated heterocycles. The van der Waals surface area contributed by atoms with Crippen LogP contribution >= 0.6 is 23.1 Å². The van der Waals surface area contributed by atoms with Gasteiger partial charge in [-0.15, -0.1) is 11.3 Å². The van der Waals surface area contributed by atoms with Gasteiger partial charge in [-0.05, 0) is 35.9 Å². The molecule has 3 rings (SSSR count). The number of nitrogens with zero attached hydrogens (tertiary/aromatic N) is 2. The lowest BCUT2D eigenvalue weighted by molar-refractivity contribution is 0.0735. The number of thioether (sulfide) groups is 1. The SMILES string of the molecule is COc1cc(-c2nc(SC)[nH]c(=O)c2C#N)ccc1OC(=O)c1cccs1. The third-order valence-corrected chi connectivity index (χ3v) is 4.99. The number of rotatable bonds is 5. The van der Waals surface area contributed by atoms with Crippen molar-refractivity contribution in [1.82, 2.24) is 9.97 Å². The van der Waals surface area contributed by atoms with Crippen LogP contribution < -0.4 is 15.0 Å². The second-order valence-corrected chi connectivity index (χ2v) is 6.89. The number of hydrogen-bond acceptors (Lipinski definition) is 8. The molecule has 0 saturated carbocycles. The Bertz CT molecular complexity index is 1080. The number of H-pyrrole nitrogens is 1. The molecular formula is C18H13N3O4S2. The molecule has 3 aromatic rings. The molecule has 0 spiro atoms. The third kappa shape index (κ3) is 3.86. The average molecular weight is 399 g/mol. The highest BCUT2D eigenvalue weighted by molar-refractivity contribution is 7.98. The van der Waals surface area contributed by atoms with E-state index in [4.69, 9.17) is 9.47 Å². The number of aromatic nitrogens is 2. The number of hydrogen-bond donors (Lipinski definition) is 1. The van der Waals surface area contributed by atoms with Gasteiger partial charge >= 0.3 is 5.97 Å². The molecule has 7 nitrogen and oxygen atoms in total. The van der Waals surface area contributed by atoms with E-state index in [-0.39, 0.29) is 22.8 Å². The molecule has 0 aliphatic heterocycles. The first-order valence-corrected chi connectivity index (χ1v) is 9.70. The first kappa shape index (κ1) is 18.7. The first-order valence-electron chi connectivity index (χ1n) is 7.60. The molecule has 2 aromatic heterocycles. The molecule has 0 aliphatic carbocycles. The van der Waals surface area contributed by atoms with E-state index in [2.05, 4.69) is 9.97 Å². The van der Waals surface area contributed by atoms with Crippen molar-refractivity contribution in [2.24, 2.45) is 0 Å². The van der Waals surface area contributed by atoms with E-state index in [0.717, 1.165) is 0 Å². The lowest BCUT2D eigenvalue weighted by Crippen LogP contribution is -2.14. The van der Waals surface area contributed by atoms with Gasteiger partial charge in [-0.1, -0.05) is 17.8 Å². The smallest absolute Gasteiger partial charge is 0.353 e. The highest BCUT2D eigenvalue weighted by Crippen LogP contribution is 2.33. The number of benzene rings is 1. The molecule has 136 valence electrons. The van der Waals surface area contributed by atoms with Crippen LogP contribution in [0.2, 0.25) is 0 Å². The maximum atomic E-state index is 12.2. The van der Waals surface area contributed by atoms with Gasteiger partial charge in [-0.25, -0.2) is 9.78 Å². The predicted octanol–water partition coefficient (Wildman–Crippen LogP) is 3.32. The Morgan fingerprint density at radius 2 is 2.15 bits per heavy atom. The normalized spacial score (nSPS) is 10.3. The first-order chi connectivity index (χ1) is 13.1. The van der Waals surface area contributed by atoms with Crippen LogP contribution in [-0.4, -0.2) is 29.3 Å². The van der Waals surface area contributed by atoms with Crippen molar-refractivity contribution < 1.29 is 14.3 Å². The van der Waals surface area contributed by atoms with Crippen LogP contribution in [0.15, 0.2) is 45.7 Å². The zero-order valence-corrected chi connectivity index (χ0v) is 15.9. The Kier molecular flexibility index (Phi) is 5.59. The molecule has 0 radical (unpaired) electrons. The van der Waals surface area contributed by atoms with Crippen molar-refractivity contribution in [2.45, 2.75) is 5.16 Å². The molecular weight excluding hydrogens is 386 g/mol. The molecule has 0 unspecified atom stereocenters. The predicted molar refractivity (Wildman–Crippen MR) is 103 cm³/mol. The van der Waals surface area contributed by atoms with Crippen LogP contribution in [0.5, 0.6) is 11.5 Å². The molecule has 0 bridgehead atoms. The van der Waals surface area contributed by atoms with Crippen LogP contribution in [0.25, 0.3) is 11.3 Å². The number of carbonyl (C=O) groups is 1. The van der Waals surface area contributed by atoms with Gasteiger partial charge in [-0.3, -0.25) is 4.79 Å². The molecule has 2 heterocycles. The van der Waals surface area contributed by atoms with Crippen LogP contribution in [0.1, 0.15) is 15.2 Å². The fourth-order valence-corrected chi connectivity index (χ4v) is 3.28.